The molecule has 3 rings (SSSR count). The van der Waals surface area contributed by atoms with E-state index in [1.54, 1.807) is 4.90 Å². The molecule has 0 radical (unpaired) electrons. The van der Waals surface area contributed by atoms with Gasteiger partial charge in [0.1, 0.15) is 17.6 Å². The van der Waals surface area contributed by atoms with Gasteiger partial charge in [0.05, 0.1) is 0 Å². The van der Waals surface area contributed by atoms with Gasteiger partial charge in [-0.15, -0.1) is 0 Å². The van der Waals surface area contributed by atoms with Crippen LogP contribution in [-0.2, 0) is 17.6 Å². The molecule has 0 saturated carbocycles. The molecule has 28 heavy (non-hydrogen) atoms. The van der Waals surface area contributed by atoms with Gasteiger partial charge in [-0.2, -0.15) is 0 Å². The highest BCUT2D eigenvalue weighted by Gasteiger charge is 2.33. The van der Waals surface area contributed by atoms with Crippen molar-refractivity contribution in [2.45, 2.75) is 77.5 Å². The third-order valence-electron chi connectivity index (χ3n) is 5.50. The number of nitrogens with zero attached hydrogens (tertiary/aromatic N) is 2. The number of anilines is 1. The van der Waals surface area contributed by atoms with E-state index in [1.165, 1.54) is 12.0 Å². The van der Waals surface area contributed by atoms with Gasteiger partial charge in [-0.3, -0.25) is 0 Å². The van der Waals surface area contributed by atoms with E-state index < -0.39 is 11.8 Å². The van der Waals surface area contributed by atoms with Crippen molar-refractivity contribution in [3.8, 4) is 0 Å². The van der Waals surface area contributed by atoms with E-state index in [1.807, 2.05) is 20.8 Å². The maximum Gasteiger partial charge on any atom is 0.410 e. The Morgan fingerprint density at radius 2 is 2.21 bits per heavy atom. The molecule has 1 amide bonds. The predicted octanol–water partition coefficient (Wildman–Crippen LogP) is 4.75. The van der Waals surface area contributed by atoms with Gasteiger partial charge in [-0.25, -0.2) is 14.2 Å². The number of hydrogen-bond acceptors (Lipinski definition) is 4. The molecule has 1 saturated heterocycles. The Labute approximate surface area is 168 Å². The molecule has 3 heterocycles. The van der Waals surface area contributed by atoms with Crippen LogP contribution in [0.4, 0.5) is 15.0 Å². The van der Waals surface area contributed by atoms with Crippen LogP contribution in [0.25, 0.3) is 0 Å². The van der Waals surface area contributed by atoms with Crippen molar-refractivity contribution in [3.05, 3.63) is 23.4 Å². The second-order valence-corrected chi connectivity index (χ2v) is 9.08. The van der Waals surface area contributed by atoms with Gasteiger partial charge < -0.3 is 15.0 Å². The van der Waals surface area contributed by atoms with Crippen LogP contribution >= 0.6 is 0 Å². The SMILES string of the molecule is CC(C)(C)OC(=O)N1CCC(C(F)CCCCc2ccc3c(n2)NCCC3)C1. The minimum atomic E-state index is -0.856. The van der Waals surface area contributed by atoms with Crippen LogP contribution in [-0.4, -0.2) is 47.4 Å². The molecule has 1 aromatic rings. The third kappa shape index (κ3) is 5.82. The van der Waals surface area contributed by atoms with Gasteiger partial charge in [0.25, 0.3) is 0 Å². The normalized spacial score (nSPS) is 20.4. The van der Waals surface area contributed by atoms with Gasteiger partial charge in [-0.1, -0.05) is 12.5 Å². The Morgan fingerprint density at radius 1 is 1.39 bits per heavy atom. The van der Waals surface area contributed by atoms with Crippen LogP contribution in [0, 0.1) is 5.92 Å². The second-order valence-electron chi connectivity index (χ2n) is 9.08. The number of amides is 1. The summed E-state index contributed by atoms with van der Waals surface area (Å²) in [4.78, 5) is 18.5. The molecule has 1 N–H and O–H groups in total. The molecule has 0 bridgehead atoms. The van der Waals surface area contributed by atoms with Crippen LogP contribution in [0.3, 0.4) is 0 Å². The summed E-state index contributed by atoms with van der Waals surface area (Å²) < 4.78 is 20.0. The molecule has 6 heteroatoms. The predicted molar refractivity (Wildman–Crippen MR) is 109 cm³/mol. The Hall–Kier alpha value is -1.85. The number of pyridine rings is 1. The first kappa shape index (κ1) is 20.9. The lowest BCUT2D eigenvalue weighted by atomic mass is 9.97. The summed E-state index contributed by atoms with van der Waals surface area (Å²) in [6.45, 7) is 7.60. The fourth-order valence-electron chi connectivity index (χ4n) is 3.96. The molecular formula is C22H34FN3O2. The molecule has 1 fully saturated rings. The largest absolute Gasteiger partial charge is 0.444 e. The van der Waals surface area contributed by atoms with Crippen LogP contribution in [0.2, 0.25) is 0 Å². The summed E-state index contributed by atoms with van der Waals surface area (Å²) in [5.74, 6) is 0.957. The van der Waals surface area contributed by atoms with E-state index in [0.717, 1.165) is 50.2 Å². The molecule has 2 unspecified atom stereocenters. The molecule has 5 nitrogen and oxygen atoms in total. The molecule has 0 aromatic carbocycles. The Balaban J connectivity index is 1.37. The highest BCUT2D eigenvalue weighted by Crippen LogP contribution is 2.27. The molecule has 156 valence electrons. The highest BCUT2D eigenvalue weighted by atomic mass is 19.1. The number of hydrogen-bond donors (Lipinski definition) is 1. The Bertz CT molecular complexity index is 674. The zero-order valence-electron chi connectivity index (χ0n) is 17.5. The van der Waals surface area contributed by atoms with Gasteiger partial charge >= 0.3 is 6.09 Å². The first-order chi connectivity index (χ1) is 13.3. The summed E-state index contributed by atoms with van der Waals surface area (Å²) in [5, 5.41) is 3.36. The van der Waals surface area contributed by atoms with E-state index in [2.05, 4.69) is 17.4 Å². The van der Waals surface area contributed by atoms with E-state index in [0.29, 0.717) is 19.5 Å². The van der Waals surface area contributed by atoms with E-state index in [4.69, 9.17) is 9.72 Å². The maximum absolute atomic E-state index is 14.6. The quantitative estimate of drug-likeness (QED) is 0.711. The lowest BCUT2D eigenvalue weighted by Gasteiger charge is -2.24. The Kier molecular flexibility index (Phi) is 6.78. The van der Waals surface area contributed by atoms with Gasteiger partial charge in [0.2, 0.25) is 0 Å². The first-order valence-electron chi connectivity index (χ1n) is 10.7. The number of unbranched alkanes of at least 4 members (excludes halogenated alkanes) is 1. The summed E-state index contributed by atoms with van der Waals surface area (Å²) >= 11 is 0. The summed E-state index contributed by atoms with van der Waals surface area (Å²) in [6, 6.07) is 4.28. The highest BCUT2D eigenvalue weighted by molar-refractivity contribution is 5.68. The lowest BCUT2D eigenvalue weighted by Crippen LogP contribution is -2.36. The third-order valence-corrected chi connectivity index (χ3v) is 5.50. The van der Waals surface area contributed by atoms with Crippen LogP contribution in [0.5, 0.6) is 0 Å². The first-order valence-corrected chi connectivity index (χ1v) is 10.7. The number of fused-ring (bicyclic) bond motifs is 1. The minimum absolute atomic E-state index is 0.0708. The monoisotopic (exact) mass is 391 g/mol. The molecule has 2 aliphatic rings. The van der Waals surface area contributed by atoms with Crippen molar-refractivity contribution in [1.29, 1.82) is 0 Å². The van der Waals surface area contributed by atoms with Crippen molar-refractivity contribution < 1.29 is 13.9 Å². The van der Waals surface area contributed by atoms with Crippen molar-refractivity contribution in [2.24, 2.45) is 5.92 Å². The summed E-state index contributed by atoms with van der Waals surface area (Å²) in [7, 11) is 0. The number of halogens is 1. The second kappa shape index (κ2) is 9.10. The van der Waals surface area contributed by atoms with Gasteiger partial charge in [0, 0.05) is 31.2 Å². The number of carbonyl (C=O) groups is 1. The van der Waals surface area contributed by atoms with E-state index in [-0.39, 0.29) is 12.0 Å². The van der Waals surface area contributed by atoms with Crippen molar-refractivity contribution in [2.75, 3.05) is 25.0 Å². The molecule has 2 atom stereocenters. The lowest BCUT2D eigenvalue weighted by molar-refractivity contribution is 0.0280. The zero-order chi connectivity index (χ0) is 20.1. The minimum Gasteiger partial charge on any atom is -0.444 e. The molecule has 1 aromatic heterocycles. The average molecular weight is 392 g/mol. The number of rotatable bonds is 6. The summed E-state index contributed by atoms with van der Waals surface area (Å²) in [6.07, 6.45) is 5.02. The number of likely N-dealkylation sites (tertiary alicyclic amines) is 1. The number of nitrogens with one attached hydrogen (secondary N) is 1. The van der Waals surface area contributed by atoms with Gasteiger partial charge in [-0.05, 0) is 70.9 Å². The molecule has 0 spiro atoms. The number of aryl methyl sites for hydroxylation is 2. The average Bonchev–Trinajstić information content (AvgIpc) is 3.14. The number of aromatic nitrogens is 1. The molecule has 2 aliphatic heterocycles. The van der Waals surface area contributed by atoms with Gasteiger partial charge in [0.15, 0.2) is 0 Å². The fourth-order valence-corrected chi connectivity index (χ4v) is 3.96. The standard InChI is InChI=1S/C22H34FN3O2/c1-22(2,3)28-21(27)26-14-12-17(15-26)19(23)9-5-4-8-18-11-10-16-7-6-13-24-20(16)25-18/h10-11,17,19H,4-9,12-15H2,1-3H3,(H,24,25). The number of carbonyl (C=O) groups excluding carboxylic acids is 1. The fraction of sp³-hybridized carbons (Fsp3) is 0.727. The molecular weight excluding hydrogens is 357 g/mol. The topological polar surface area (TPSA) is 54.5 Å². The zero-order valence-corrected chi connectivity index (χ0v) is 17.5. The Morgan fingerprint density at radius 3 is 3.00 bits per heavy atom. The van der Waals surface area contributed by atoms with Crippen LogP contribution in [0.15, 0.2) is 12.1 Å². The maximum atomic E-state index is 14.6. The van der Waals surface area contributed by atoms with Crippen molar-refractivity contribution in [1.82, 2.24) is 9.88 Å². The number of alkyl halides is 1. The van der Waals surface area contributed by atoms with Crippen LogP contribution < -0.4 is 5.32 Å². The summed E-state index contributed by atoms with van der Waals surface area (Å²) in [5.41, 5.74) is 1.87. The molecule has 0 aliphatic carbocycles. The smallest absolute Gasteiger partial charge is 0.410 e. The van der Waals surface area contributed by atoms with E-state index >= 15 is 0 Å². The van der Waals surface area contributed by atoms with Crippen molar-refractivity contribution >= 4 is 11.9 Å². The van der Waals surface area contributed by atoms with Crippen LogP contribution in [0.1, 0.15) is 64.1 Å². The van der Waals surface area contributed by atoms with E-state index in [9.17, 15) is 9.18 Å². The van der Waals surface area contributed by atoms with Crippen molar-refractivity contribution in [3.63, 3.8) is 0 Å². The number of ether oxygens (including phenoxy) is 1.